The van der Waals surface area contributed by atoms with E-state index in [4.69, 9.17) is 16.7 Å². The van der Waals surface area contributed by atoms with Crippen LogP contribution in [-0.4, -0.2) is 22.3 Å². The standard InChI is InChI=1S/C13H17ClO3/c1-9(15)5-6-11(13(16)17)7-10-3-2-4-12(14)8-10/h2-4,8-9,11,15H,5-7H2,1H3,(H,16,17). The molecule has 1 aromatic rings. The summed E-state index contributed by atoms with van der Waals surface area (Å²) in [4.78, 5) is 11.1. The fraction of sp³-hybridized carbons (Fsp3) is 0.462. The van der Waals surface area contributed by atoms with Gasteiger partial charge in [0.25, 0.3) is 0 Å². The number of aliphatic hydroxyl groups excluding tert-OH is 1. The lowest BCUT2D eigenvalue weighted by atomic mass is 9.94. The Labute approximate surface area is 106 Å². The van der Waals surface area contributed by atoms with Crippen molar-refractivity contribution in [3.63, 3.8) is 0 Å². The number of hydrogen-bond donors (Lipinski definition) is 2. The SMILES string of the molecule is CC(O)CCC(Cc1cccc(Cl)c1)C(=O)O. The number of halogens is 1. The van der Waals surface area contributed by atoms with E-state index in [1.165, 1.54) is 0 Å². The molecular formula is C13H17ClO3. The van der Waals surface area contributed by atoms with E-state index < -0.39 is 18.0 Å². The van der Waals surface area contributed by atoms with Crippen molar-refractivity contribution < 1.29 is 15.0 Å². The minimum Gasteiger partial charge on any atom is -0.481 e. The van der Waals surface area contributed by atoms with Gasteiger partial charge in [-0.1, -0.05) is 23.7 Å². The normalized spacial score (nSPS) is 14.3. The lowest BCUT2D eigenvalue weighted by Gasteiger charge is -2.13. The minimum atomic E-state index is -0.828. The first-order valence-electron chi connectivity index (χ1n) is 5.64. The Hall–Kier alpha value is -1.06. The molecule has 0 saturated heterocycles. The number of carbonyl (C=O) groups is 1. The van der Waals surface area contributed by atoms with Crippen molar-refractivity contribution in [1.29, 1.82) is 0 Å². The van der Waals surface area contributed by atoms with Crippen LogP contribution in [0.4, 0.5) is 0 Å². The molecule has 1 aromatic carbocycles. The Bertz CT molecular complexity index is 377. The fourth-order valence-corrected chi connectivity index (χ4v) is 1.92. The third-order valence-corrected chi connectivity index (χ3v) is 2.89. The van der Waals surface area contributed by atoms with E-state index in [9.17, 15) is 9.90 Å². The topological polar surface area (TPSA) is 57.5 Å². The van der Waals surface area contributed by atoms with Crippen molar-refractivity contribution in [2.24, 2.45) is 5.92 Å². The molecule has 0 aliphatic heterocycles. The molecule has 0 aliphatic rings. The van der Waals surface area contributed by atoms with Gasteiger partial charge in [0, 0.05) is 5.02 Å². The second-order valence-electron chi connectivity index (χ2n) is 4.30. The first-order valence-corrected chi connectivity index (χ1v) is 6.02. The van der Waals surface area contributed by atoms with Crippen molar-refractivity contribution >= 4 is 17.6 Å². The van der Waals surface area contributed by atoms with Crippen LogP contribution in [-0.2, 0) is 11.2 Å². The van der Waals surface area contributed by atoms with Crippen LogP contribution in [0.25, 0.3) is 0 Å². The van der Waals surface area contributed by atoms with Crippen molar-refractivity contribution in [2.45, 2.75) is 32.3 Å². The highest BCUT2D eigenvalue weighted by Gasteiger charge is 2.18. The molecule has 0 saturated carbocycles. The van der Waals surface area contributed by atoms with E-state index >= 15 is 0 Å². The van der Waals surface area contributed by atoms with Gasteiger partial charge in [0.1, 0.15) is 0 Å². The number of aliphatic hydroxyl groups is 1. The summed E-state index contributed by atoms with van der Waals surface area (Å²) in [5.41, 5.74) is 0.912. The fourth-order valence-electron chi connectivity index (χ4n) is 1.70. The van der Waals surface area contributed by atoms with E-state index in [2.05, 4.69) is 0 Å². The van der Waals surface area contributed by atoms with Crippen LogP contribution >= 0.6 is 11.6 Å². The molecular weight excluding hydrogens is 240 g/mol. The summed E-state index contributed by atoms with van der Waals surface area (Å²) in [6.07, 6.45) is 0.954. The Morgan fingerprint density at radius 1 is 1.41 bits per heavy atom. The van der Waals surface area contributed by atoms with Crippen LogP contribution in [0.3, 0.4) is 0 Å². The van der Waals surface area contributed by atoms with E-state index in [-0.39, 0.29) is 0 Å². The molecule has 0 amide bonds. The summed E-state index contributed by atoms with van der Waals surface area (Å²) in [7, 11) is 0. The van der Waals surface area contributed by atoms with Crippen LogP contribution in [0, 0.1) is 5.92 Å². The maximum absolute atomic E-state index is 11.1. The van der Waals surface area contributed by atoms with Gasteiger partial charge in [0.2, 0.25) is 0 Å². The van der Waals surface area contributed by atoms with Crippen molar-refractivity contribution in [3.8, 4) is 0 Å². The zero-order valence-corrected chi connectivity index (χ0v) is 10.5. The highest BCUT2D eigenvalue weighted by atomic mass is 35.5. The molecule has 2 unspecified atom stereocenters. The first-order chi connectivity index (χ1) is 7.99. The van der Waals surface area contributed by atoms with Gasteiger partial charge in [-0.3, -0.25) is 4.79 Å². The Balaban J connectivity index is 2.63. The highest BCUT2D eigenvalue weighted by Crippen LogP contribution is 2.18. The van der Waals surface area contributed by atoms with Gasteiger partial charge in [-0.25, -0.2) is 0 Å². The molecule has 0 radical (unpaired) electrons. The molecule has 0 aromatic heterocycles. The third kappa shape index (κ3) is 5.20. The first kappa shape index (κ1) is 14.0. The van der Waals surface area contributed by atoms with Gasteiger partial charge in [0.05, 0.1) is 12.0 Å². The highest BCUT2D eigenvalue weighted by molar-refractivity contribution is 6.30. The molecule has 0 bridgehead atoms. The van der Waals surface area contributed by atoms with Crippen molar-refractivity contribution in [1.82, 2.24) is 0 Å². The number of carboxylic acids is 1. The molecule has 4 heteroatoms. The van der Waals surface area contributed by atoms with Gasteiger partial charge < -0.3 is 10.2 Å². The predicted octanol–water partition coefficient (Wildman–Crippen LogP) is 2.74. The molecule has 2 N–H and O–H groups in total. The monoisotopic (exact) mass is 256 g/mol. The summed E-state index contributed by atoms with van der Waals surface area (Å²) in [5, 5.41) is 18.9. The van der Waals surface area contributed by atoms with Crippen molar-refractivity contribution in [2.75, 3.05) is 0 Å². The minimum absolute atomic E-state index is 0.447. The lowest BCUT2D eigenvalue weighted by Crippen LogP contribution is -2.18. The molecule has 94 valence electrons. The summed E-state index contributed by atoms with van der Waals surface area (Å²) in [6, 6.07) is 7.21. The van der Waals surface area contributed by atoms with E-state index in [0.717, 1.165) is 5.56 Å². The summed E-state index contributed by atoms with van der Waals surface area (Å²) in [5.74, 6) is -1.30. The molecule has 0 spiro atoms. The Morgan fingerprint density at radius 3 is 2.65 bits per heavy atom. The summed E-state index contributed by atoms with van der Waals surface area (Å²) < 4.78 is 0. The quantitative estimate of drug-likeness (QED) is 0.823. The number of hydrogen-bond acceptors (Lipinski definition) is 2. The van der Waals surface area contributed by atoms with Crippen LogP contribution in [0.1, 0.15) is 25.3 Å². The maximum Gasteiger partial charge on any atom is 0.306 e. The number of benzene rings is 1. The van der Waals surface area contributed by atoms with Crippen LogP contribution in [0.2, 0.25) is 5.02 Å². The van der Waals surface area contributed by atoms with Gasteiger partial charge in [0.15, 0.2) is 0 Å². The second kappa shape index (κ2) is 6.62. The Kier molecular flexibility index (Phi) is 5.45. The lowest BCUT2D eigenvalue weighted by molar-refractivity contribution is -0.142. The average Bonchev–Trinajstić information content (AvgIpc) is 2.23. The van der Waals surface area contributed by atoms with Gasteiger partial charge in [-0.15, -0.1) is 0 Å². The van der Waals surface area contributed by atoms with Gasteiger partial charge in [-0.2, -0.15) is 0 Å². The number of rotatable bonds is 6. The van der Waals surface area contributed by atoms with Gasteiger partial charge in [-0.05, 0) is 43.9 Å². The van der Waals surface area contributed by atoms with Crippen LogP contribution in [0.15, 0.2) is 24.3 Å². The van der Waals surface area contributed by atoms with Gasteiger partial charge >= 0.3 is 5.97 Å². The Morgan fingerprint density at radius 2 is 2.12 bits per heavy atom. The third-order valence-electron chi connectivity index (χ3n) is 2.65. The van der Waals surface area contributed by atoms with E-state index in [0.29, 0.717) is 24.3 Å². The smallest absolute Gasteiger partial charge is 0.306 e. The molecule has 17 heavy (non-hydrogen) atoms. The van der Waals surface area contributed by atoms with Crippen molar-refractivity contribution in [3.05, 3.63) is 34.9 Å². The molecule has 0 aliphatic carbocycles. The molecule has 0 heterocycles. The largest absolute Gasteiger partial charge is 0.481 e. The summed E-state index contributed by atoms with van der Waals surface area (Å²) >= 11 is 5.85. The summed E-state index contributed by atoms with van der Waals surface area (Å²) in [6.45, 7) is 1.66. The number of carboxylic acid groups (broad SMARTS) is 1. The molecule has 1 rings (SSSR count). The predicted molar refractivity (Wildman–Crippen MR) is 67.2 cm³/mol. The second-order valence-corrected chi connectivity index (χ2v) is 4.73. The van der Waals surface area contributed by atoms with E-state index in [1.807, 2.05) is 12.1 Å². The molecule has 2 atom stereocenters. The van der Waals surface area contributed by atoms with Crippen LogP contribution < -0.4 is 0 Å². The zero-order chi connectivity index (χ0) is 12.8. The molecule has 3 nitrogen and oxygen atoms in total. The van der Waals surface area contributed by atoms with E-state index in [1.54, 1.807) is 19.1 Å². The zero-order valence-electron chi connectivity index (χ0n) is 9.77. The average molecular weight is 257 g/mol. The number of aliphatic carboxylic acids is 1. The van der Waals surface area contributed by atoms with Crippen LogP contribution in [0.5, 0.6) is 0 Å². The maximum atomic E-state index is 11.1. The molecule has 0 fully saturated rings.